The van der Waals surface area contributed by atoms with Gasteiger partial charge in [0.15, 0.2) is 0 Å². The molecule has 0 saturated heterocycles. The summed E-state index contributed by atoms with van der Waals surface area (Å²) in [6.45, 7) is 7.21. The summed E-state index contributed by atoms with van der Waals surface area (Å²) in [6.07, 6.45) is 0.863. The number of benzene rings is 2. The van der Waals surface area contributed by atoms with Gasteiger partial charge in [-0.15, -0.1) is 0 Å². The number of carbonyl (C=O) groups excluding carboxylic acids is 1. The van der Waals surface area contributed by atoms with E-state index in [9.17, 15) is 13.2 Å². The van der Waals surface area contributed by atoms with Gasteiger partial charge in [0.25, 0.3) is 10.0 Å². The number of carbonyl (C=O) groups is 1. The molecule has 0 radical (unpaired) electrons. The van der Waals surface area contributed by atoms with Crippen LogP contribution in [0.5, 0.6) is 0 Å². The quantitative estimate of drug-likeness (QED) is 0.570. The highest BCUT2D eigenvalue weighted by Crippen LogP contribution is 2.34. The van der Waals surface area contributed by atoms with Crippen LogP contribution in [0.2, 0.25) is 0 Å². The van der Waals surface area contributed by atoms with Crippen molar-refractivity contribution in [3.05, 3.63) is 58.7 Å². The molecule has 0 aliphatic heterocycles. The van der Waals surface area contributed by atoms with Gasteiger partial charge in [0.1, 0.15) is 5.60 Å². The number of anilines is 1. The highest BCUT2D eigenvalue weighted by Gasteiger charge is 2.22. The Hall–Kier alpha value is -2.32. The second-order valence-corrected chi connectivity index (χ2v) is 10.1. The molecule has 0 bridgehead atoms. The summed E-state index contributed by atoms with van der Waals surface area (Å²) in [6, 6.07) is 11.7. The zero-order chi connectivity index (χ0) is 20.7. The van der Waals surface area contributed by atoms with Crippen molar-refractivity contribution in [3.63, 3.8) is 0 Å². The maximum atomic E-state index is 13.1. The van der Waals surface area contributed by atoms with Gasteiger partial charge in [0.05, 0.1) is 16.1 Å². The Morgan fingerprint density at radius 2 is 1.71 bits per heavy atom. The maximum Gasteiger partial charge on any atom is 0.412 e. The van der Waals surface area contributed by atoms with Crippen molar-refractivity contribution in [2.75, 3.05) is 5.32 Å². The van der Waals surface area contributed by atoms with Gasteiger partial charge in [-0.1, -0.05) is 17.7 Å². The van der Waals surface area contributed by atoms with E-state index in [4.69, 9.17) is 4.74 Å². The number of fused-ring (bicyclic) bond motifs is 1. The fourth-order valence-electron chi connectivity index (χ4n) is 2.73. The van der Waals surface area contributed by atoms with Crippen LogP contribution in [-0.2, 0) is 14.8 Å². The average Bonchev–Trinajstić information content (AvgIpc) is 3.01. The second-order valence-electron chi connectivity index (χ2n) is 7.41. The van der Waals surface area contributed by atoms with E-state index < -0.39 is 21.7 Å². The monoisotopic (exact) mass is 464 g/mol. The highest BCUT2D eigenvalue weighted by atomic mass is 79.9. The summed E-state index contributed by atoms with van der Waals surface area (Å²) in [4.78, 5) is 12.4. The van der Waals surface area contributed by atoms with Crippen LogP contribution in [0, 0.1) is 6.92 Å². The van der Waals surface area contributed by atoms with Crippen LogP contribution in [0.15, 0.2) is 58.0 Å². The zero-order valence-electron chi connectivity index (χ0n) is 16.0. The molecule has 0 unspecified atom stereocenters. The summed E-state index contributed by atoms with van der Waals surface area (Å²) < 4.78 is 33.3. The van der Waals surface area contributed by atoms with Gasteiger partial charge in [-0.25, -0.2) is 17.2 Å². The third-order valence-electron chi connectivity index (χ3n) is 3.99. The molecule has 3 rings (SSSR count). The minimum Gasteiger partial charge on any atom is -0.444 e. The van der Waals surface area contributed by atoms with Gasteiger partial charge in [-0.3, -0.25) is 5.32 Å². The van der Waals surface area contributed by atoms with E-state index in [0.29, 0.717) is 21.1 Å². The zero-order valence-corrected chi connectivity index (χ0v) is 18.4. The molecule has 0 spiro atoms. The smallest absolute Gasteiger partial charge is 0.412 e. The normalized spacial score (nSPS) is 12.2. The van der Waals surface area contributed by atoms with E-state index >= 15 is 0 Å². The van der Waals surface area contributed by atoms with E-state index in [1.165, 1.54) is 10.2 Å². The van der Waals surface area contributed by atoms with Gasteiger partial charge < -0.3 is 4.74 Å². The largest absolute Gasteiger partial charge is 0.444 e. The molecule has 0 aliphatic carbocycles. The lowest BCUT2D eigenvalue weighted by Gasteiger charge is -2.20. The number of halogens is 1. The summed E-state index contributed by atoms with van der Waals surface area (Å²) in [7, 11) is -3.77. The molecule has 0 saturated carbocycles. The van der Waals surface area contributed by atoms with Crippen LogP contribution in [0.1, 0.15) is 26.3 Å². The number of hydrogen-bond acceptors (Lipinski definition) is 4. The second kappa shape index (κ2) is 7.25. The van der Waals surface area contributed by atoms with Gasteiger partial charge >= 0.3 is 6.09 Å². The molecular weight excluding hydrogens is 444 g/mol. The first-order chi connectivity index (χ1) is 13.0. The van der Waals surface area contributed by atoms with Gasteiger partial charge in [0.2, 0.25) is 0 Å². The van der Waals surface area contributed by atoms with Crippen LogP contribution in [0.3, 0.4) is 0 Å². The molecule has 28 heavy (non-hydrogen) atoms. The Morgan fingerprint density at radius 1 is 1.07 bits per heavy atom. The molecule has 0 aliphatic rings. The molecular formula is C20H21BrN2O4S. The number of rotatable bonds is 3. The summed E-state index contributed by atoms with van der Waals surface area (Å²) in [5.74, 6) is 0. The Kier molecular flexibility index (Phi) is 5.29. The van der Waals surface area contributed by atoms with E-state index in [1.54, 1.807) is 63.2 Å². The predicted molar refractivity (Wildman–Crippen MR) is 113 cm³/mol. The summed E-state index contributed by atoms with van der Waals surface area (Å²) >= 11 is 3.41. The van der Waals surface area contributed by atoms with E-state index in [0.717, 1.165) is 5.56 Å². The molecule has 0 atom stereocenters. The van der Waals surface area contributed by atoms with Crippen LogP contribution in [0.25, 0.3) is 10.9 Å². The van der Waals surface area contributed by atoms with E-state index in [1.807, 2.05) is 6.92 Å². The highest BCUT2D eigenvalue weighted by molar-refractivity contribution is 9.10. The Morgan fingerprint density at radius 3 is 2.32 bits per heavy atom. The van der Waals surface area contributed by atoms with Crippen LogP contribution in [0.4, 0.5) is 10.5 Å². The van der Waals surface area contributed by atoms with Crippen molar-refractivity contribution in [3.8, 4) is 0 Å². The molecule has 1 aromatic heterocycles. The fourth-order valence-corrected chi connectivity index (χ4v) is 4.52. The summed E-state index contributed by atoms with van der Waals surface area (Å²) in [5, 5.41) is 3.29. The lowest BCUT2D eigenvalue weighted by Crippen LogP contribution is -2.27. The van der Waals surface area contributed by atoms with Gasteiger partial charge in [0, 0.05) is 16.1 Å². The molecule has 1 heterocycles. The topological polar surface area (TPSA) is 77.4 Å². The van der Waals surface area contributed by atoms with E-state index in [2.05, 4.69) is 21.2 Å². The number of ether oxygens (including phenoxy) is 1. The minimum atomic E-state index is -3.77. The number of aromatic nitrogens is 1. The Labute approximate surface area is 172 Å². The van der Waals surface area contributed by atoms with Gasteiger partial charge in [-0.05, 0) is 74.0 Å². The van der Waals surface area contributed by atoms with Crippen LogP contribution in [-0.4, -0.2) is 24.1 Å². The Balaban J connectivity index is 2.06. The molecule has 3 aromatic rings. The molecule has 2 aromatic carbocycles. The standard InChI is InChI=1S/C20H21BrN2O4S/c1-13-5-7-14(8-6-13)28(25,26)23-12-11-15-17(23)10-9-16(21)18(15)22-19(24)27-20(2,3)4/h5-12H,1-4H3,(H,22,24). The third kappa shape index (κ3) is 4.07. The first kappa shape index (κ1) is 20.4. The van der Waals surface area contributed by atoms with Crippen molar-refractivity contribution < 1.29 is 17.9 Å². The fraction of sp³-hybridized carbons (Fsp3) is 0.250. The molecule has 1 N–H and O–H groups in total. The number of amides is 1. The first-order valence-electron chi connectivity index (χ1n) is 8.61. The SMILES string of the molecule is Cc1ccc(S(=O)(=O)n2ccc3c(NC(=O)OC(C)(C)C)c(Br)ccc32)cc1. The molecule has 6 nitrogen and oxygen atoms in total. The van der Waals surface area contributed by atoms with Crippen molar-refractivity contribution in [2.45, 2.75) is 38.2 Å². The van der Waals surface area contributed by atoms with Gasteiger partial charge in [-0.2, -0.15) is 0 Å². The number of aryl methyl sites for hydroxylation is 1. The lowest BCUT2D eigenvalue weighted by molar-refractivity contribution is 0.0636. The number of nitrogens with zero attached hydrogens (tertiary/aromatic N) is 1. The van der Waals surface area contributed by atoms with Crippen molar-refractivity contribution in [2.24, 2.45) is 0 Å². The molecule has 1 amide bonds. The lowest BCUT2D eigenvalue weighted by atomic mass is 10.2. The predicted octanol–water partition coefficient (Wildman–Crippen LogP) is 5.30. The Bertz CT molecular complexity index is 1140. The maximum absolute atomic E-state index is 13.1. The number of nitrogens with one attached hydrogen (secondary N) is 1. The minimum absolute atomic E-state index is 0.195. The average molecular weight is 465 g/mol. The third-order valence-corrected chi connectivity index (χ3v) is 6.35. The van der Waals surface area contributed by atoms with Crippen molar-refractivity contribution >= 4 is 48.6 Å². The van der Waals surface area contributed by atoms with Crippen LogP contribution >= 0.6 is 15.9 Å². The summed E-state index contributed by atoms with van der Waals surface area (Å²) in [5.41, 5.74) is 1.23. The molecule has 148 valence electrons. The van der Waals surface area contributed by atoms with Crippen molar-refractivity contribution in [1.82, 2.24) is 3.97 Å². The van der Waals surface area contributed by atoms with E-state index in [-0.39, 0.29) is 4.90 Å². The number of hydrogen-bond donors (Lipinski definition) is 1. The molecule has 8 heteroatoms. The first-order valence-corrected chi connectivity index (χ1v) is 10.8. The van der Waals surface area contributed by atoms with Crippen LogP contribution < -0.4 is 5.32 Å². The van der Waals surface area contributed by atoms with Crippen molar-refractivity contribution in [1.29, 1.82) is 0 Å². The molecule has 0 fully saturated rings.